The summed E-state index contributed by atoms with van der Waals surface area (Å²) in [6.07, 6.45) is 8.73. The molecule has 2 fully saturated rings. The van der Waals surface area contributed by atoms with Gasteiger partial charge in [0.2, 0.25) is 0 Å². The van der Waals surface area contributed by atoms with Crippen LogP contribution in [0.25, 0.3) is 0 Å². The molecule has 4 nitrogen and oxygen atoms in total. The molecule has 1 aliphatic heterocycles. The molecule has 5 heteroatoms. The van der Waals surface area contributed by atoms with Crippen LogP contribution in [0.1, 0.15) is 91.4 Å². The Kier molecular flexibility index (Phi) is 4.39. The van der Waals surface area contributed by atoms with Crippen LogP contribution in [0.3, 0.4) is 0 Å². The van der Waals surface area contributed by atoms with Gasteiger partial charge in [0.25, 0.3) is 0 Å². The van der Waals surface area contributed by atoms with E-state index in [2.05, 4.69) is 52.3 Å². The van der Waals surface area contributed by atoms with Crippen LogP contribution >= 0.6 is 0 Å². The fourth-order valence-electron chi connectivity index (χ4n) is 3.58. The molecule has 0 unspecified atom stereocenters. The first kappa shape index (κ1) is 17.0. The third-order valence-corrected chi connectivity index (χ3v) is 5.76. The molecule has 0 bridgehead atoms. The van der Waals surface area contributed by atoms with Crippen molar-refractivity contribution in [1.29, 1.82) is 0 Å². The number of rotatable bonds is 3. The van der Waals surface area contributed by atoms with E-state index in [-0.39, 0.29) is 18.3 Å². The van der Waals surface area contributed by atoms with Gasteiger partial charge in [0.15, 0.2) is 0 Å². The molecule has 1 aliphatic carbocycles. The van der Waals surface area contributed by atoms with Crippen molar-refractivity contribution in [2.24, 2.45) is 0 Å². The van der Waals surface area contributed by atoms with Crippen LogP contribution in [0, 0.1) is 0 Å². The summed E-state index contributed by atoms with van der Waals surface area (Å²) >= 11 is 0. The largest absolute Gasteiger partial charge is 0.516 e. The van der Waals surface area contributed by atoms with Gasteiger partial charge in [-0.3, -0.25) is 0 Å². The smallest absolute Gasteiger partial charge is 0.398 e. The Bertz CT molecular complexity index is 543. The summed E-state index contributed by atoms with van der Waals surface area (Å²) in [6, 6.07) is 0.588. The normalized spacial score (nSPS) is 24.6. The lowest BCUT2D eigenvalue weighted by atomic mass is 9.85. The Morgan fingerprint density at radius 3 is 2.17 bits per heavy atom. The van der Waals surface area contributed by atoms with E-state index in [0.29, 0.717) is 12.0 Å². The van der Waals surface area contributed by atoms with Crippen molar-refractivity contribution < 1.29 is 9.31 Å². The van der Waals surface area contributed by atoms with Gasteiger partial charge in [-0.15, -0.1) is 0 Å². The number of hydrogen-bond donors (Lipinski definition) is 0. The van der Waals surface area contributed by atoms with E-state index in [0.717, 1.165) is 5.59 Å². The highest BCUT2D eigenvalue weighted by atomic mass is 16.7. The van der Waals surface area contributed by atoms with E-state index < -0.39 is 0 Å². The van der Waals surface area contributed by atoms with E-state index in [4.69, 9.17) is 14.3 Å². The first-order valence-corrected chi connectivity index (χ1v) is 9.15. The van der Waals surface area contributed by atoms with Crippen LogP contribution in [0.4, 0.5) is 0 Å². The van der Waals surface area contributed by atoms with E-state index in [9.17, 15) is 0 Å². The maximum atomic E-state index is 6.19. The number of aromatic nitrogens is 2. The molecule has 128 valence electrons. The third-order valence-electron chi connectivity index (χ3n) is 5.76. The molecule has 3 rings (SSSR count). The molecular formula is C18H31BN2O2. The van der Waals surface area contributed by atoms with Crippen molar-refractivity contribution in [3.63, 3.8) is 0 Å². The highest BCUT2D eigenvalue weighted by Gasteiger charge is 2.52. The molecule has 1 aromatic rings. The van der Waals surface area contributed by atoms with Gasteiger partial charge in [-0.2, -0.15) is 0 Å². The number of hydrogen-bond acceptors (Lipinski definition) is 3. The third kappa shape index (κ3) is 3.10. The molecular weight excluding hydrogens is 287 g/mol. The fraction of sp³-hybridized carbons (Fsp3) is 0.833. The standard InChI is InChI=1S/C18H31BN2O2/c1-13(2)16-20-15(12-21(16)14-10-8-7-9-11-14)19-22-17(3,4)18(5,6)23-19/h12-14H,7-11H2,1-6H3. The van der Waals surface area contributed by atoms with Crippen molar-refractivity contribution in [2.45, 2.75) is 96.8 Å². The van der Waals surface area contributed by atoms with Gasteiger partial charge in [-0.1, -0.05) is 33.1 Å². The molecule has 0 radical (unpaired) electrons. The minimum Gasteiger partial charge on any atom is -0.398 e. The van der Waals surface area contributed by atoms with Crippen LogP contribution in [0.15, 0.2) is 6.20 Å². The summed E-state index contributed by atoms with van der Waals surface area (Å²) < 4.78 is 14.8. The zero-order chi connectivity index (χ0) is 16.8. The molecule has 0 amide bonds. The minimum absolute atomic E-state index is 0.315. The average molecular weight is 318 g/mol. The van der Waals surface area contributed by atoms with E-state index >= 15 is 0 Å². The minimum atomic E-state index is -0.359. The Hall–Kier alpha value is -0.805. The SMILES string of the molecule is CC(C)c1nc(B2OC(C)(C)C(C)(C)O2)cn1C1CCCCC1. The van der Waals surface area contributed by atoms with E-state index in [1.165, 1.54) is 37.9 Å². The van der Waals surface area contributed by atoms with E-state index in [1.54, 1.807) is 0 Å². The highest BCUT2D eigenvalue weighted by molar-refractivity contribution is 6.61. The number of imidazole rings is 1. The van der Waals surface area contributed by atoms with Crippen LogP contribution < -0.4 is 5.59 Å². The molecule has 23 heavy (non-hydrogen) atoms. The van der Waals surface area contributed by atoms with Crippen molar-refractivity contribution >= 4 is 12.7 Å². The highest BCUT2D eigenvalue weighted by Crippen LogP contribution is 2.37. The van der Waals surface area contributed by atoms with Gasteiger partial charge in [0, 0.05) is 18.2 Å². The monoisotopic (exact) mass is 318 g/mol. The Morgan fingerprint density at radius 1 is 1.09 bits per heavy atom. The lowest BCUT2D eigenvalue weighted by Crippen LogP contribution is -2.41. The maximum absolute atomic E-state index is 6.19. The van der Waals surface area contributed by atoms with Gasteiger partial charge in [0.1, 0.15) is 5.82 Å². The first-order valence-electron chi connectivity index (χ1n) is 9.15. The molecule has 1 saturated heterocycles. The van der Waals surface area contributed by atoms with Crippen molar-refractivity contribution in [3.05, 3.63) is 12.0 Å². The quantitative estimate of drug-likeness (QED) is 0.795. The lowest BCUT2D eigenvalue weighted by molar-refractivity contribution is 0.00578. The second-order valence-corrected chi connectivity index (χ2v) is 8.47. The second-order valence-electron chi connectivity index (χ2n) is 8.47. The fourth-order valence-corrected chi connectivity index (χ4v) is 3.58. The Morgan fingerprint density at radius 2 is 1.65 bits per heavy atom. The lowest BCUT2D eigenvalue weighted by Gasteiger charge is -2.32. The summed E-state index contributed by atoms with van der Waals surface area (Å²) in [7, 11) is -0.359. The summed E-state index contributed by atoms with van der Waals surface area (Å²) in [5.74, 6) is 1.58. The van der Waals surface area contributed by atoms with Gasteiger partial charge in [-0.25, -0.2) is 4.98 Å². The van der Waals surface area contributed by atoms with Gasteiger partial charge >= 0.3 is 7.12 Å². The van der Waals surface area contributed by atoms with Crippen LogP contribution in [-0.4, -0.2) is 27.9 Å². The zero-order valence-electron chi connectivity index (χ0n) is 15.6. The van der Waals surface area contributed by atoms with E-state index in [1.807, 2.05) is 0 Å². The maximum Gasteiger partial charge on any atom is 0.516 e. The molecule has 0 atom stereocenters. The average Bonchev–Trinajstić information content (AvgIpc) is 3.00. The van der Waals surface area contributed by atoms with Gasteiger partial charge < -0.3 is 13.9 Å². The first-order chi connectivity index (χ1) is 10.7. The number of nitrogens with zero attached hydrogens (tertiary/aromatic N) is 2. The molecule has 0 aromatic carbocycles. The summed E-state index contributed by atoms with van der Waals surface area (Å²) in [6.45, 7) is 12.8. The topological polar surface area (TPSA) is 36.3 Å². The zero-order valence-corrected chi connectivity index (χ0v) is 15.6. The molecule has 2 heterocycles. The summed E-state index contributed by atoms with van der Waals surface area (Å²) in [5, 5.41) is 0. The van der Waals surface area contributed by atoms with Gasteiger partial charge in [-0.05, 0) is 40.5 Å². The Labute approximate surface area is 141 Å². The predicted molar refractivity (Wildman–Crippen MR) is 94.2 cm³/mol. The molecule has 2 aliphatic rings. The van der Waals surface area contributed by atoms with Crippen LogP contribution in [0.5, 0.6) is 0 Å². The molecule has 1 saturated carbocycles. The van der Waals surface area contributed by atoms with Crippen LogP contribution in [0.2, 0.25) is 0 Å². The summed E-state index contributed by atoms with van der Waals surface area (Å²) in [4.78, 5) is 4.91. The van der Waals surface area contributed by atoms with Crippen LogP contribution in [-0.2, 0) is 9.31 Å². The second kappa shape index (κ2) is 5.93. The molecule has 0 spiro atoms. The predicted octanol–water partition coefficient (Wildman–Crippen LogP) is 3.81. The molecule has 1 aromatic heterocycles. The van der Waals surface area contributed by atoms with Crippen molar-refractivity contribution in [3.8, 4) is 0 Å². The van der Waals surface area contributed by atoms with Gasteiger partial charge in [0.05, 0.1) is 16.8 Å². The summed E-state index contributed by atoms with van der Waals surface area (Å²) in [5.41, 5.74) is 0.298. The van der Waals surface area contributed by atoms with Crippen molar-refractivity contribution in [2.75, 3.05) is 0 Å². The molecule has 0 N–H and O–H groups in total. The Balaban J connectivity index is 1.89. The van der Waals surface area contributed by atoms with Crippen molar-refractivity contribution in [1.82, 2.24) is 9.55 Å².